The average molecular weight is 407 g/mol. The van der Waals surface area contributed by atoms with Crippen LogP contribution in [-0.4, -0.2) is 43.2 Å². The summed E-state index contributed by atoms with van der Waals surface area (Å²) < 4.78 is 23.8. The van der Waals surface area contributed by atoms with Gasteiger partial charge in [-0.25, -0.2) is 8.42 Å². The summed E-state index contributed by atoms with van der Waals surface area (Å²) in [6, 6.07) is 7.28. The first-order chi connectivity index (χ1) is 11.2. The number of benzene rings is 1. The summed E-state index contributed by atoms with van der Waals surface area (Å²) in [5, 5.41) is 6.20. The Morgan fingerprint density at radius 3 is 2.68 bits per heavy atom. The molecular weight excluding hydrogens is 380 g/mol. The molecule has 1 heterocycles. The second-order valence-corrected chi connectivity index (χ2v) is 10.9. The number of hydrogen-bond donors (Lipinski definition) is 2. The number of rotatable bonds is 5. The molecular formula is C17H27ClN2O3S2. The maximum atomic E-state index is 12.3. The fourth-order valence-corrected chi connectivity index (χ4v) is 4.36. The van der Waals surface area contributed by atoms with Gasteiger partial charge in [0.2, 0.25) is 5.91 Å². The number of halogens is 1. The Hall–Kier alpha value is -0.760. The van der Waals surface area contributed by atoms with E-state index in [0.717, 1.165) is 18.1 Å². The SMILES string of the molecule is CC(C)(C)S(=O)(=O)Cc1cccc(NC(=O)CC2CSCCN2)c1.Cl. The normalized spacial score (nSPS) is 18.3. The molecule has 0 bridgehead atoms. The van der Waals surface area contributed by atoms with Crippen molar-refractivity contribution in [3.63, 3.8) is 0 Å². The Morgan fingerprint density at radius 1 is 1.36 bits per heavy atom. The molecule has 1 aliphatic rings. The van der Waals surface area contributed by atoms with E-state index in [-0.39, 0.29) is 30.1 Å². The smallest absolute Gasteiger partial charge is 0.225 e. The van der Waals surface area contributed by atoms with Crippen LogP contribution < -0.4 is 10.6 Å². The summed E-state index contributed by atoms with van der Waals surface area (Å²) in [7, 11) is -3.24. The number of nitrogens with one attached hydrogen (secondary N) is 2. The molecule has 0 aromatic heterocycles. The molecule has 5 nitrogen and oxygen atoms in total. The Balaban J connectivity index is 0.00000312. The largest absolute Gasteiger partial charge is 0.326 e. The topological polar surface area (TPSA) is 75.3 Å². The van der Waals surface area contributed by atoms with Crippen molar-refractivity contribution < 1.29 is 13.2 Å². The number of anilines is 1. The molecule has 142 valence electrons. The van der Waals surface area contributed by atoms with Crippen molar-refractivity contribution in [2.24, 2.45) is 0 Å². The molecule has 0 aliphatic carbocycles. The molecule has 2 N–H and O–H groups in total. The van der Waals surface area contributed by atoms with E-state index < -0.39 is 14.6 Å². The van der Waals surface area contributed by atoms with Crippen molar-refractivity contribution in [3.05, 3.63) is 29.8 Å². The average Bonchev–Trinajstić information content (AvgIpc) is 2.46. The van der Waals surface area contributed by atoms with Crippen LogP contribution in [0.15, 0.2) is 24.3 Å². The molecule has 1 aromatic rings. The second kappa shape index (κ2) is 9.26. The number of carbonyl (C=O) groups is 1. The monoisotopic (exact) mass is 406 g/mol. The van der Waals surface area contributed by atoms with Gasteiger partial charge in [-0.2, -0.15) is 11.8 Å². The summed E-state index contributed by atoms with van der Waals surface area (Å²) in [6.45, 7) is 6.03. The third-order valence-corrected chi connectivity index (χ3v) is 7.64. The second-order valence-electron chi connectivity index (χ2n) is 7.05. The Bertz CT molecular complexity index is 681. The van der Waals surface area contributed by atoms with E-state index in [1.807, 2.05) is 11.8 Å². The fraction of sp³-hybridized carbons (Fsp3) is 0.588. The molecule has 1 aromatic carbocycles. The molecule has 0 radical (unpaired) electrons. The first-order valence-electron chi connectivity index (χ1n) is 8.09. The summed E-state index contributed by atoms with van der Waals surface area (Å²) in [5.41, 5.74) is 1.33. The fourth-order valence-electron chi connectivity index (χ4n) is 2.36. The standard InChI is InChI=1S/C17H26N2O3S2.ClH/c1-17(2,3)24(21,22)12-13-5-4-6-14(9-13)19-16(20)10-15-11-23-8-7-18-15;/h4-6,9,15,18H,7-8,10-12H2,1-3H3,(H,19,20);1H. The maximum Gasteiger partial charge on any atom is 0.225 e. The molecule has 1 saturated heterocycles. The zero-order chi connectivity index (χ0) is 17.8. The van der Waals surface area contributed by atoms with Gasteiger partial charge in [0.15, 0.2) is 9.84 Å². The highest BCUT2D eigenvalue weighted by Crippen LogP contribution is 2.22. The van der Waals surface area contributed by atoms with Crippen LogP contribution in [0.2, 0.25) is 0 Å². The van der Waals surface area contributed by atoms with Crippen LogP contribution in [0.5, 0.6) is 0 Å². The van der Waals surface area contributed by atoms with Crippen molar-refractivity contribution >= 4 is 45.6 Å². The van der Waals surface area contributed by atoms with Crippen LogP contribution in [0, 0.1) is 0 Å². The minimum atomic E-state index is -3.24. The third-order valence-electron chi connectivity index (χ3n) is 3.93. The first-order valence-corrected chi connectivity index (χ1v) is 10.9. The lowest BCUT2D eigenvalue weighted by Crippen LogP contribution is -2.39. The number of hydrogen-bond acceptors (Lipinski definition) is 5. The number of amides is 1. The van der Waals surface area contributed by atoms with E-state index in [9.17, 15) is 13.2 Å². The molecule has 0 spiro atoms. The Kier molecular flexibility index (Phi) is 8.25. The lowest BCUT2D eigenvalue weighted by atomic mass is 10.2. The van der Waals surface area contributed by atoms with Crippen molar-refractivity contribution in [1.82, 2.24) is 5.32 Å². The van der Waals surface area contributed by atoms with Gasteiger partial charge in [0, 0.05) is 36.2 Å². The van der Waals surface area contributed by atoms with Crippen LogP contribution in [0.4, 0.5) is 5.69 Å². The van der Waals surface area contributed by atoms with Gasteiger partial charge in [-0.3, -0.25) is 4.79 Å². The quantitative estimate of drug-likeness (QED) is 0.786. The van der Waals surface area contributed by atoms with Gasteiger partial charge in [0.1, 0.15) is 0 Å². The van der Waals surface area contributed by atoms with Crippen LogP contribution in [0.1, 0.15) is 32.8 Å². The minimum Gasteiger partial charge on any atom is -0.326 e. The van der Waals surface area contributed by atoms with Gasteiger partial charge in [-0.15, -0.1) is 12.4 Å². The van der Waals surface area contributed by atoms with E-state index in [1.54, 1.807) is 45.0 Å². The van der Waals surface area contributed by atoms with Gasteiger partial charge in [-0.05, 0) is 38.5 Å². The van der Waals surface area contributed by atoms with Crippen molar-refractivity contribution in [2.45, 2.75) is 43.7 Å². The predicted octanol–water partition coefficient (Wildman–Crippen LogP) is 2.86. The van der Waals surface area contributed by atoms with E-state index in [2.05, 4.69) is 10.6 Å². The molecule has 1 aliphatic heterocycles. The number of sulfone groups is 1. The maximum absolute atomic E-state index is 12.3. The van der Waals surface area contributed by atoms with Crippen LogP contribution in [0.25, 0.3) is 0 Å². The van der Waals surface area contributed by atoms with Crippen molar-refractivity contribution in [3.8, 4) is 0 Å². The minimum absolute atomic E-state index is 0. The molecule has 1 unspecified atom stereocenters. The van der Waals surface area contributed by atoms with Crippen molar-refractivity contribution in [1.29, 1.82) is 0 Å². The van der Waals surface area contributed by atoms with E-state index >= 15 is 0 Å². The summed E-state index contributed by atoms with van der Waals surface area (Å²) in [5.74, 6) is 1.95. The molecule has 8 heteroatoms. The lowest BCUT2D eigenvalue weighted by molar-refractivity contribution is -0.116. The molecule has 0 saturated carbocycles. The van der Waals surface area contributed by atoms with Crippen LogP contribution >= 0.6 is 24.2 Å². The molecule has 2 rings (SSSR count). The van der Waals surface area contributed by atoms with Gasteiger partial charge in [0.05, 0.1) is 10.5 Å². The van der Waals surface area contributed by atoms with Crippen molar-refractivity contribution in [2.75, 3.05) is 23.4 Å². The Morgan fingerprint density at radius 2 is 2.08 bits per heavy atom. The Labute approximate surface area is 161 Å². The van der Waals surface area contributed by atoms with Gasteiger partial charge < -0.3 is 10.6 Å². The highest BCUT2D eigenvalue weighted by atomic mass is 35.5. The van der Waals surface area contributed by atoms with Crippen LogP contribution in [0.3, 0.4) is 0 Å². The third kappa shape index (κ3) is 6.81. The molecule has 1 fully saturated rings. The highest BCUT2D eigenvalue weighted by Gasteiger charge is 2.29. The summed E-state index contributed by atoms with van der Waals surface area (Å²) in [6.07, 6.45) is 0.428. The number of carbonyl (C=O) groups excluding carboxylic acids is 1. The van der Waals surface area contributed by atoms with E-state index in [0.29, 0.717) is 17.7 Å². The summed E-state index contributed by atoms with van der Waals surface area (Å²) in [4.78, 5) is 12.2. The molecule has 25 heavy (non-hydrogen) atoms. The zero-order valence-corrected chi connectivity index (χ0v) is 17.3. The van der Waals surface area contributed by atoms with E-state index in [4.69, 9.17) is 0 Å². The molecule has 1 atom stereocenters. The summed E-state index contributed by atoms with van der Waals surface area (Å²) >= 11 is 1.85. The van der Waals surface area contributed by atoms with Gasteiger partial charge in [0.25, 0.3) is 0 Å². The van der Waals surface area contributed by atoms with Gasteiger partial charge >= 0.3 is 0 Å². The van der Waals surface area contributed by atoms with Gasteiger partial charge in [-0.1, -0.05) is 12.1 Å². The number of thioether (sulfide) groups is 1. The molecule has 1 amide bonds. The zero-order valence-electron chi connectivity index (χ0n) is 14.9. The van der Waals surface area contributed by atoms with E-state index in [1.165, 1.54) is 0 Å². The van der Waals surface area contributed by atoms with Crippen LogP contribution in [-0.2, 0) is 20.4 Å². The highest BCUT2D eigenvalue weighted by molar-refractivity contribution is 7.99. The first kappa shape index (κ1) is 22.3. The predicted molar refractivity (Wildman–Crippen MR) is 108 cm³/mol. The lowest BCUT2D eigenvalue weighted by Gasteiger charge is -2.22.